The minimum absolute atomic E-state index is 0.0525. The van der Waals surface area contributed by atoms with E-state index >= 15 is 0 Å². The smallest absolute Gasteiger partial charge is 0.425 e. The van der Waals surface area contributed by atoms with E-state index in [2.05, 4.69) is 10.1 Å². The minimum atomic E-state index is -4.65. The molecule has 0 bridgehead atoms. The van der Waals surface area contributed by atoms with Gasteiger partial charge in [0.2, 0.25) is 5.88 Å². The summed E-state index contributed by atoms with van der Waals surface area (Å²) in [5.74, 6) is -0.0876. The number of carbonyl (C=O) groups is 1. The van der Waals surface area contributed by atoms with Gasteiger partial charge in [-0.3, -0.25) is 4.79 Å². The van der Waals surface area contributed by atoms with Gasteiger partial charge in [-0.25, -0.2) is 4.68 Å². The summed E-state index contributed by atoms with van der Waals surface area (Å²) in [6, 6.07) is 9.38. The fraction of sp³-hybridized carbons (Fsp3) is 0.273. The number of fused-ring (bicyclic) bond motifs is 1. The van der Waals surface area contributed by atoms with Crippen LogP contribution in [0, 0.1) is 11.3 Å². The number of nitrogens with zero attached hydrogens (tertiary/aromatic N) is 5. The Morgan fingerprint density at radius 1 is 1.26 bits per heavy atom. The van der Waals surface area contributed by atoms with Crippen LogP contribution >= 0.6 is 11.6 Å². The Morgan fingerprint density at radius 3 is 2.68 bits per heavy atom. The van der Waals surface area contributed by atoms with E-state index < -0.39 is 18.2 Å². The Hall–Kier alpha value is -3.78. The summed E-state index contributed by atoms with van der Waals surface area (Å²) < 4.78 is 50.8. The molecule has 1 aromatic carbocycles. The predicted molar refractivity (Wildman–Crippen MR) is 114 cm³/mol. The molecule has 1 unspecified atom stereocenters. The Kier molecular flexibility index (Phi) is 6.10. The van der Waals surface area contributed by atoms with E-state index in [1.807, 2.05) is 6.07 Å². The van der Waals surface area contributed by atoms with Gasteiger partial charge in [0.25, 0.3) is 5.91 Å². The highest BCUT2D eigenvalue weighted by molar-refractivity contribution is 6.35. The van der Waals surface area contributed by atoms with Gasteiger partial charge >= 0.3 is 6.18 Å². The number of benzene rings is 1. The third-order valence-corrected chi connectivity index (χ3v) is 5.61. The summed E-state index contributed by atoms with van der Waals surface area (Å²) in [5, 5.41) is 13.5. The molecule has 12 heteroatoms. The lowest BCUT2D eigenvalue weighted by atomic mass is 10.1. The number of carbonyl (C=O) groups excluding carboxylic acids is 1. The van der Waals surface area contributed by atoms with Crippen molar-refractivity contribution >= 4 is 17.5 Å². The zero-order valence-corrected chi connectivity index (χ0v) is 18.7. The topological polar surface area (TPSA) is 93.3 Å². The first-order chi connectivity index (χ1) is 16.1. The molecule has 34 heavy (non-hydrogen) atoms. The van der Waals surface area contributed by atoms with E-state index in [1.165, 1.54) is 18.1 Å². The summed E-state index contributed by atoms with van der Waals surface area (Å²) in [6.45, 7) is 1.05. The largest absolute Gasteiger partial charge is 0.481 e. The van der Waals surface area contributed by atoms with Crippen molar-refractivity contribution in [1.82, 2.24) is 19.7 Å². The zero-order chi connectivity index (χ0) is 24.6. The number of methoxy groups -OCH3 is 1. The maximum atomic E-state index is 13.3. The average molecular weight is 492 g/mol. The minimum Gasteiger partial charge on any atom is -0.481 e. The summed E-state index contributed by atoms with van der Waals surface area (Å²) in [5.41, 5.74) is 0.973. The number of halogens is 4. The van der Waals surface area contributed by atoms with Crippen LogP contribution in [0.2, 0.25) is 5.02 Å². The van der Waals surface area contributed by atoms with Crippen molar-refractivity contribution < 1.29 is 27.4 Å². The number of rotatable bonds is 5. The van der Waals surface area contributed by atoms with Gasteiger partial charge in [-0.1, -0.05) is 17.7 Å². The molecular weight excluding hydrogens is 475 g/mol. The van der Waals surface area contributed by atoms with Gasteiger partial charge in [-0.2, -0.15) is 28.5 Å². The number of pyridine rings is 1. The van der Waals surface area contributed by atoms with Gasteiger partial charge in [-0.15, -0.1) is 0 Å². The Labute approximate surface area is 197 Å². The number of amides is 1. The van der Waals surface area contributed by atoms with Crippen LogP contribution in [0.3, 0.4) is 0 Å². The van der Waals surface area contributed by atoms with Crippen molar-refractivity contribution in [3.63, 3.8) is 0 Å². The molecule has 8 nitrogen and oxygen atoms in total. The first kappa shape index (κ1) is 23.4. The zero-order valence-electron chi connectivity index (χ0n) is 17.9. The maximum absolute atomic E-state index is 13.3. The van der Waals surface area contributed by atoms with Gasteiger partial charge < -0.3 is 14.4 Å². The first-order valence-corrected chi connectivity index (χ1v) is 10.3. The van der Waals surface area contributed by atoms with Crippen molar-refractivity contribution in [2.45, 2.75) is 32.3 Å². The molecule has 0 saturated heterocycles. The van der Waals surface area contributed by atoms with Gasteiger partial charge in [0.1, 0.15) is 17.4 Å². The second-order valence-corrected chi connectivity index (χ2v) is 7.84. The SMILES string of the molecule is COc1cccc(-n2cc3c(n2)CN(C(=O)c2c(OC(C)C(F)(F)F)ccc(C#N)c2Cl)C3)n1. The fourth-order valence-corrected chi connectivity index (χ4v) is 3.70. The van der Waals surface area contributed by atoms with E-state index in [-0.39, 0.29) is 35.0 Å². The molecule has 1 aliphatic rings. The number of alkyl halides is 3. The number of ether oxygens (including phenoxy) is 2. The van der Waals surface area contributed by atoms with Crippen LogP contribution in [0.1, 0.15) is 34.1 Å². The van der Waals surface area contributed by atoms with E-state index in [0.717, 1.165) is 18.6 Å². The third-order valence-electron chi connectivity index (χ3n) is 5.22. The Balaban J connectivity index is 1.61. The molecule has 0 saturated carbocycles. The molecule has 3 heterocycles. The van der Waals surface area contributed by atoms with E-state index in [1.54, 1.807) is 29.1 Å². The van der Waals surface area contributed by atoms with Crippen LogP contribution in [-0.2, 0) is 13.1 Å². The summed E-state index contributed by atoms with van der Waals surface area (Å²) in [4.78, 5) is 19.0. The monoisotopic (exact) mass is 491 g/mol. The normalized spacial score (nSPS) is 13.9. The van der Waals surface area contributed by atoms with Crippen molar-refractivity contribution in [3.8, 4) is 23.5 Å². The molecule has 0 radical (unpaired) electrons. The molecule has 0 spiro atoms. The van der Waals surface area contributed by atoms with Crippen LogP contribution in [-0.4, -0.2) is 45.0 Å². The fourth-order valence-electron chi connectivity index (χ4n) is 3.42. The summed E-state index contributed by atoms with van der Waals surface area (Å²) in [6.07, 6.45) is -5.12. The highest BCUT2D eigenvalue weighted by Gasteiger charge is 2.39. The lowest BCUT2D eigenvalue weighted by molar-refractivity contribution is -0.189. The van der Waals surface area contributed by atoms with Crippen molar-refractivity contribution in [2.75, 3.05) is 7.11 Å². The number of hydrogen-bond acceptors (Lipinski definition) is 6. The molecule has 0 aliphatic carbocycles. The summed E-state index contributed by atoms with van der Waals surface area (Å²) in [7, 11) is 1.50. The van der Waals surface area contributed by atoms with Gasteiger partial charge in [0.15, 0.2) is 11.9 Å². The molecule has 2 aromatic heterocycles. The highest BCUT2D eigenvalue weighted by atomic mass is 35.5. The first-order valence-electron chi connectivity index (χ1n) is 9.96. The van der Waals surface area contributed by atoms with E-state index in [4.69, 9.17) is 21.1 Å². The van der Waals surface area contributed by atoms with Crippen molar-refractivity contribution in [2.24, 2.45) is 0 Å². The van der Waals surface area contributed by atoms with Gasteiger partial charge in [0.05, 0.1) is 29.9 Å². The third kappa shape index (κ3) is 4.36. The molecule has 1 atom stereocenters. The quantitative estimate of drug-likeness (QED) is 0.528. The molecular formula is C22H17ClF3N5O3. The van der Waals surface area contributed by atoms with Gasteiger partial charge in [0, 0.05) is 24.4 Å². The molecule has 1 amide bonds. The predicted octanol–water partition coefficient (Wildman–Crippen LogP) is 4.29. The molecule has 176 valence electrons. The second kappa shape index (κ2) is 8.87. The lowest BCUT2D eigenvalue weighted by Gasteiger charge is -2.23. The number of aromatic nitrogens is 3. The lowest BCUT2D eigenvalue weighted by Crippen LogP contribution is -2.33. The van der Waals surface area contributed by atoms with Crippen LogP contribution in [0.4, 0.5) is 13.2 Å². The Bertz CT molecular complexity index is 1280. The van der Waals surface area contributed by atoms with Crippen molar-refractivity contribution in [3.05, 3.63) is 63.9 Å². The second-order valence-electron chi connectivity index (χ2n) is 7.46. The molecule has 1 aliphatic heterocycles. The average Bonchev–Trinajstić information content (AvgIpc) is 3.38. The van der Waals surface area contributed by atoms with E-state index in [9.17, 15) is 23.2 Å². The maximum Gasteiger partial charge on any atom is 0.425 e. The van der Waals surface area contributed by atoms with Crippen LogP contribution < -0.4 is 9.47 Å². The van der Waals surface area contributed by atoms with Gasteiger partial charge in [-0.05, 0) is 25.1 Å². The number of nitriles is 1. The summed E-state index contributed by atoms with van der Waals surface area (Å²) >= 11 is 6.23. The Morgan fingerprint density at radius 2 is 2.03 bits per heavy atom. The molecule has 0 fully saturated rings. The van der Waals surface area contributed by atoms with Crippen LogP contribution in [0.25, 0.3) is 5.82 Å². The van der Waals surface area contributed by atoms with Crippen LogP contribution in [0.15, 0.2) is 36.5 Å². The van der Waals surface area contributed by atoms with Crippen LogP contribution in [0.5, 0.6) is 11.6 Å². The standard InChI is InChI=1S/C22H17ClF3N5O3/c1-12(22(24,25)26)34-16-7-6-13(8-27)20(23)19(16)21(32)30-9-14-10-31(29-15(14)11-30)17-4-3-5-18(28-17)33-2/h3-7,10,12H,9,11H2,1-2H3. The van der Waals surface area contributed by atoms with E-state index in [0.29, 0.717) is 17.4 Å². The molecule has 3 aromatic rings. The van der Waals surface area contributed by atoms with Crippen molar-refractivity contribution in [1.29, 1.82) is 5.26 Å². The molecule has 0 N–H and O–H groups in total. The molecule has 4 rings (SSSR count). The highest BCUT2D eigenvalue weighted by Crippen LogP contribution is 2.36. The number of hydrogen-bond donors (Lipinski definition) is 0.